The molecule has 3 aromatic rings. The monoisotopic (exact) mass is 341 g/mol. The Labute approximate surface area is 132 Å². The molecule has 3 rings (SSSR count). The van der Waals surface area contributed by atoms with Crippen LogP contribution in [0, 0.1) is 13.8 Å². The third-order valence-electron chi connectivity index (χ3n) is 3.60. The van der Waals surface area contributed by atoms with E-state index < -0.39 is 0 Å². The van der Waals surface area contributed by atoms with Crippen molar-refractivity contribution < 1.29 is 0 Å². The van der Waals surface area contributed by atoms with Crippen LogP contribution in [0.25, 0.3) is 11.0 Å². The summed E-state index contributed by atoms with van der Waals surface area (Å²) < 4.78 is 0.939. The highest BCUT2D eigenvalue weighted by atomic mass is 79.9. The molecule has 0 spiro atoms. The first kappa shape index (κ1) is 14.0. The lowest BCUT2D eigenvalue weighted by Gasteiger charge is -2.22. The van der Waals surface area contributed by atoms with E-state index in [4.69, 9.17) is 0 Å². The number of aromatic nitrogens is 2. The van der Waals surface area contributed by atoms with Gasteiger partial charge in [0, 0.05) is 29.6 Å². The number of aryl methyl sites for hydroxylation is 2. The molecule has 21 heavy (non-hydrogen) atoms. The van der Waals surface area contributed by atoms with Crippen molar-refractivity contribution in [3.05, 3.63) is 58.3 Å². The maximum Gasteiger partial charge on any atom is 0.112 e. The van der Waals surface area contributed by atoms with Crippen molar-refractivity contribution in [1.82, 2.24) is 9.97 Å². The van der Waals surface area contributed by atoms with Gasteiger partial charge >= 0.3 is 0 Å². The lowest BCUT2D eigenvalue weighted by molar-refractivity contribution is 1.17. The molecule has 0 radical (unpaired) electrons. The second-order valence-corrected chi connectivity index (χ2v) is 6.12. The minimum atomic E-state index is 0.887. The Morgan fingerprint density at radius 3 is 2.57 bits per heavy atom. The van der Waals surface area contributed by atoms with Crippen LogP contribution in [0.1, 0.15) is 11.1 Å². The average Bonchev–Trinajstić information content (AvgIpc) is 2.45. The van der Waals surface area contributed by atoms with Crippen LogP contribution in [0.3, 0.4) is 0 Å². The molecule has 0 atom stereocenters. The zero-order valence-corrected chi connectivity index (χ0v) is 13.8. The van der Waals surface area contributed by atoms with E-state index in [1.54, 1.807) is 0 Å². The molecule has 2 aromatic heterocycles. The van der Waals surface area contributed by atoms with Crippen molar-refractivity contribution in [2.24, 2.45) is 0 Å². The summed E-state index contributed by atoms with van der Waals surface area (Å²) in [7, 11) is 2.07. The van der Waals surface area contributed by atoms with Crippen molar-refractivity contribution in [3.8, 4) is 0 Å². The van der Waals surface area contributed by atoms with E-state index in [1.165, 1.54) is 16.8 Å². The predicted octanol–water partition coefficient (Wildman–Crippen LogP) is 4.78. The summed E-state index contributed by atoms with van der Waals surface area (Å²) >= 11 is 3.44. The number of hydrogen-bond acceptors (Lipinski definition) is 3. The van der Waals surface area contributed by atoms with Crippen LogP contribution in [0.5, 0.6) is 0 Å². The minimum Gasteiger partial charge on any atom is -0.343 e. The van der Waals surface area contributed by atoms with Crippen molar-refractivity contribution in [3.63, 3.8) is 0 Å². The number of hydrogen-bond donors (Lipinski definition) is 0. The third kappa shape index (κ3) is 2.63. The standard InChI is InChI=1S/C17H16BrN3/c1-11-4-5-15(12(2)8-11)21(3)16-6-7-19-14-9-13(18)10-20-17(14)16/h4-10H,1-3H3. The normalized spacial score (nSPS) is 10.9. The van der Waals surface area contributed by atoms with Gasteiger partial charge in [-0.1, -0.05) is 17.7 Å². The van der Waals surface area contributed by atoms with Crippen molar-refractivity contribution in [2.75, 3.05) is 11.9 Å². The molecule has 3 nitrogen and oxygen atoms in total. The highest BCUT2D eigenvalue weighted by molar-refractivity contribution is 9.10. The van der Waals surface area contributed by atoms with E-state index >= 15 is 0 Å². The number of halogens is 1. The van der Waals surface area contributed by atoms with Gasteiger partial charge in [0.15, 0.2) is 0 Å². The molecule has 0 unspecified atom stereocenters. The summed E-state index contributed by atoms with van der Waals surface area (Å²) in [6.45, 7) is 4.24. The molecule has 0 aliphatic heterocycles. The molecule has 0 fully saturated rings. The minimum absolute atomic E-state index is 0.887. The van der Waals surface area contributed by atoms with Gasteiger partial charge < -0.3 is 4.90 Å². The zero-order chi connectivity index (χ0) is 15.0. The van der Waals surface area contributed by atoms with Gasteiger partial charge in [-0.25, -0.2) is 0 Å². The molecule has 0 aliphatic carbocycles. The van der Waals surface area contributed by atoms with Crippen molar-refractivity contribution >= 4 is 38.3 Å². The molecular formula is C17H16BrN3. The van der Waals surface area contributed by atoms with Crippen LogP contribution in [0.15, 0.2) is 47.2 Å². The smallest absolute Gasteiger partial charge is 0.112 e. The fourth-order valence-electron chi connectivity index (χ4n) is 2.57. The van der Waals surface area contributed by atoms with Gasteiger partial charge in [-0.05, 0) is 53.5 Å². The number of nitrogens with zero attached hydrogens (tertiary/aromatic N) is 3. The fraction of sp³-hybridized carbons (Fsp3) is 0.176. The molecule has 2 heterocycles. The Balaban J connectivity index is 2.15. The number of rotatable bonds is 2. The van der Waals surface area contributed by atoms with E-state index in [0.717, 1.165) is 21.2 Å². The average molecular weight is 342 g/mol. The van der Waals surface area contributed by atoms with Crippen LogP contribution in [-0.2, 0) is 0 Å². The highest BCUT2D eigenvalue weighted by Gasteiger charge is 2.12. The first-order valence-electron chi connectivity index (χ1n) is 6.77. The Kier molecular flexibility index (Phi) is 3.64. The fourth-order valence-corrected chi connectivity index (χ4v) is 2.89. The zero-order valence-electron chi connectivity index (χ0n) is 12.3. The summed E-state index contributed by atoms with van der Waals surface area (Å²) in [5, 5.41) is 0. The molecule has 0 amide bonds. The summed E-state index contributed by atoms with van der Waals surface area (Å²) in [5.74, 6) is 0. The van der Waals surface area contributed by atoms with Crippen LogP contribution in [0.2, 0.25) is 0 Å². The van der Waals surface area contributed by atoms with Gasteiger partial charge in [0.25, 0.3) is 0 Å². The van der Waals surface area contributed by atoms with Gasteiger partial charge in [0.2, 0.25) is 0 Å². The largest absolute Gasteiger partial charge is 0.343 e. The maximum absolute atomic E-state index is 4.52. The molecule has 1 aromatic carbocycles. The molecular weight excluding hydrogens is 326 g/mol. The summed E-state index contributed by atoms with van der Waals surface area (Å²) in [5.41, 5.74) is 6.55. The molecule has 0 bridgehead atoms. The molecule has 0 N–H and O–H groups in total. The van der Waals surface area contributed by atoms with E-state index in [-0.39, 0.29) is 0 Å². The predicted molar refractivity (Wildman–Crippen MR) is 91.2 cm³/mol. The van der Waals surface area contributed by atoms with Crippen LogP contribution < -0.4 is 4.90 Å². The summed E-state index contributed by atoms with van der Waals surface area (Å²) in [6.07, 6.45) is 3.63. The van der Waals surface area contributed by atoms with Gasteiger partial charge in [-0.15, -0.1) is 0 Å². The lowest BCUT2D eigenvalue weighted by Crippen LogP contribution is -2.12. The second-order valence-electron chi connectivity index (χ2n) is 5.20. The van der Waals surface area contributed by atoms with E-state index in [9.17, 15) is 0 Å². The summed E-state index contributed by atoms with van der Waals surface area (Å²) in [4.78, 5) is 11.1. The first-order valence-corrected chi connectivity index (χ1v) is 7.57. The Morgan fingerprint density at radius 2 is 1.81 bits per heavy atom. The molecule has 0 aliphatic rings. The van der Waals surface area contributed by atoms with Crippen LogP contribution in [0.4, 0.5) is 11.4 Å². The van der Waals surface area contributed by atoms with Crippen molar-refractivity contribution in [2.45, 2.75) is 13.8 Å². The number of fused-ring (bicyclic) bond motifs is 1. The molecule has 0 saturated carbocycles. The third-order valence-corrected chi connectivity index (χ3v) is 4.03. The maximum atomic E-state index is 4.52. The van der Waals surface area contributed by atoms with Gasteiger partial charge in [-0.2, -0.15) is 0 Å². The van der Waals surface area contributed by atoms with Crippen LogP contribution in [-0.4, -0.2) is 17.0 Å². The summed E-state index contributed by atoms with van der Waals surface area (Å²) in [6, 6.07) is 10.5. The van der Waals surface area contributed by atoms with Gasteiger partial charge in [0.05, 0.1) is 11.2 Å². The van der Waals surface area contributed by atoms with Crippen molar-refractivity contribution in [1.29, 1.82) is 0 Å². The Bertz CT molecular complexity index is 814. The second kappa shape index (κ2) is 5.45. The topological polar surface area (TPSA) is 29.0 Å². The lowest BCUT2D eigenvalue weighted by atomic mass is 10.1. The van der Waals surface area contributed by atoms with Gasteiger partial charge in [-0.3, -0.25) is 9.97 Å². The molecule has 0 saturated heterocycles. The SMILES string of the molecule is Cc1ccc(N(C)c2ccnc3cc(Br)cnc23)c(C)c1. The quantitative estimate of drug-likeness (QED) is 0.671. The van der Waals surface area contributed by atoms with E-state index in [2.05, 4.69) is 69.9 Å². The number of benzene rings is 1. The molecule has 106 valence electrons. The highest BCUT2D eigenvalue weighted by Crippen LogP contribution is 2.31. The Morgan fingerprint density at radius 1 is 1.00 bits per heavy atom. The Hall–Kier alpha value is -1.94. The number of pyridine rings is 2. The number of anilines is 2. The van der Waals surface area contributed by atoms with E-state index in [0.29, 0.717) is 0 Å². The first-order chi connectivity index (χ1) is 10.1. The van der Waals surface area contributed by atoms with E-state index in [1.807, 2.05) is 24.5 Å². The van der Waals surface area contributed by atoms with Gasteiger partial charge in [0.1, 0.15) is 5.52 Å². The van der Waals surface area contributed by atoms with Crippen LogP contribution >= 0.6 is 15.9 Å². The molecule has 4 heteroatoms.